The molecule has 4 rings (SSSR count). The van der Waals surface area contributed by atoms with Gasteiger partial charge >= 0.3 is 10.4 Å². The van der Waals surface area contributed by atoms with Gasteiger partial charge in [-0.3, -0.25) is 9.11 Å². The topological polar surface area (TPSA) is 94.8 Å². The molecule has 0 radical (unpaired) electrons. The second kappa shape index (κ2) is 8.18. The lowest BCUT2D eigenvalue weighted by molar-refractivity contribution is 0.381. The van der Waals surface area contributed by atoms with E-state index in [1.54, 1.807) is 6.07 Å². The first-order valence-electron chi connectivity index (χ1n) is 7.94. The highest BCUT2D eigenvalue weighted by atomic mass is 79.9. The Kier molecular flexibility index (Phi) is 6.07. The maximum Gasteiger partial charge on any atom is 0.394 e. The van der Waals surface area contributed by atoms with Gasteiger partial charge in [-0.2, -0.15) is 8.42 Å². The van der Waals surface area contributed by atoms with Crippen LogP contribution in [0, 0.1) is 0 Å². The quantitative estimate of drug-likeness (QED) is 0.256. The van der Waals surface area contributed by atoms with Crippen LogP contribution in [0.2, 0.25) is 0 Å². The van der Waals surface area contributed by atoms with E-state index in [-0.39, 0.29) is 5.75 Å². The molecule has 3 N–H and O–H groups in total. The van der Waals surface area contributed by atoms with Gasteiger partial charge in [0.25, 0.3) is 0 Å². The number of hydrogen-bond donors (Lipinski definition) is 3. The second-order valence-electron chi connectivity index (χ2n) is 5.90. The number of phenolic OH excluding ortho intramolecular Hbond substituents is 1. The maximum absolute atomic E-state index is 10.6. The summed E-state index contributed by atoms with van der Waals surface area (Å²) >= 11 is 7.32. The fourth-order valence-corrected chi connectivity index (χ4v) is 4.03. The third kappa shape index (κ3) is 4.53. The van der Waals surface area contributed by atoms with Crippen molar-refractivity contribution in [1.29, 1.82) is 0 Å². The molecule has 0 fully saturated rings. The van der Waals surface area contributed by atoms with Gasteiger partial charge in [0.05, 0.1) is 0 Å². The zero-order valence-electron chi connectivity index (χ0n) is 14.2. The second-order valence-corrected chi connectivity index (χ2v) is 8.44. The van der Waals surface area contributed by atoms with Crippen molar-refractivity contribution < 1.29 is 22.6 Å². The molecular weight excluding hydrogens is 512 g/mol. The summed E-state index contributed by atoms with van der Waals surface area (Å²) in [7, 11) is -4.67. The smallest absolute Gasteiger partial charge is 0.394 e. The molecule has 0 saturated heterocycles. The summed E-state index contributed by atoms with van der Waals surface area (Å²) in [6, 6.07) is 22.1. The molecule has 0 unspecified atom stereocenters. The minimum absolute atomic E-state index is 0.285. The molecule has 0 aliphatic rings. The first-order chi connectivity index (χ1) is 13.2. The summed E-state index contributed by atoms with van der Waals surface area (Å²) in [6.45, 7) is 0. The van der Waals surface area contributed by atoms with E-state index in [9.17, 15) is 5.11 Å². The molecule has 0 aliphatic heterocycles. The van der Waals surface area contributed by atoms with Crippen LogP contribution in [0.3, 0.4) is 0 Å². The van der Waals surface area contributed by atoms with E-state index in [0.717, 1.165) is 41.6 Å². The molecule has 0 bridgehead atoms. The van der Waals surface area contributed by atoms with Gasteiger partial charge in [-0.25, -0.2) is 0 Å². The van der Waals surface area contributed by atoms with E-state index in [1.165, 1.54) is 0 Å². The van der Waals surface area contributed by atoms with Crippen LogP contribution in [0.5, 0.6) is 5.75 Å². The molecule has 0 atom stereocenters. The van der Waals surface area contributed by atoms with Crippen molar-refractivity contribution in [3.8, 4) is 16.9 Å². The van der Waals surface area contributed by atoms with Gasteiger partial charge in [0, 0.05) is 20.1 Å². The fourth-order valence-electron chi connectivity index (χ4n) is 3.06. The van der Waals surface area contributed by atoms with E-state index < -0.39 is 10.4 Å². The summed E-state index contributed by atoms with van der Waals surface area (Å²) in [5, 5.41) is 15.0. The van der Waals surface area contributed by atoms with Crippen LogP contribution < -0.4 is 0 Å². The van der Waals surface area contributed by atoms with Crippen LogP contribution >= 0.6 is 31.9 Å². The third-order valence-electron chi connectivity index (χ3n) is 4.10. The van der Waals surface area contributed by atoms with Crippen molar-refractivity contribution in [3.05, 3.63) is 75.7 Å². The highest BCUT2D eigenvalue weighted by Gasteiger charge is 2.17. The number of hydrogen-bond acceptors (Lipinski definition) is 3. The highest BCUT2D eigenvalue weighted by Crippen LogP contribution is 2.46. The number of benzene rings is 4. The average molecular weight is 526 g/mol. The Labute approximate surface area is 178 Å². The van der Waals surface area contributed by atoms with Crippen molar-refractivity contribution in [3.63, 3.8) is 0 Å². The predicted octanol–water partition coefficient (Wildman–Crippen LogP) is 6.24. The summed E-state index contributed by atoms with van der Waals surface area (Å²) in [5.41, 5.74) is 1.86. The van der Waals surface area contributed by atoms with Crippen LogP contribution in [0.1, 0.15) is 0 Å². The van der Waals surface area contributed by atoms with Crippen molar-refractivity contribution in [2.24, 2.45) is 0 Å². The van der Waals surface area contributed by atoms with Crippen molar-refractivity contribution >= 4 is 63.8 Å². The lowest BCUT2D eigenvalue weighted by Crippen LogP contribution is -1.89. The number of aromatic hydroxyl groups is 1. The minimum atomic E-state index is -4.67. The molecule has 0 spiro atoms. The Morgan fingerprint density at radius 2 is 1.21 bits per heavy atom. The maximum atomic E-state index is 10.6. The molecule has 4 aromatic rings. The van der Waals surface area contributed by atoms with Crippen LogP contribution in [0.4, 0.5) is 0 Å². The Balaban J connectivity index is 0.000000403. The highest BCUT2D eigenvalue weighted by molar-refractivity contribution is 9.13. The predicted molar refractivity (Wildman–Crippen MR) is 118 cm³/mol. The van der Waals surface area contributed by atoms with Gasteiger partial charge in [-0.1, -0.05) is 54.6 Å². The standard InChI is InChI=1S/C20H12Br2O.H2O4S/c21-16-11-13-6-2-4-8-15(13)19(20(16)22)18-14-7-3-1-5-12(14)9-10-17(18)23;1-5(2,3)4/h1-11,23H;(H2,1,2,3,4). The van der Waals surface area contributed by atoms with Gasteiger partial charge in [-0.15, -0.1) is 0 Å². The summed E-state index contributed by atoms with van der Waals surface area (Å²) in [4.78, 5) is 0. The molecule has 28 heavy (non-hydrogen) atoms. The number of fused-ring (bicyclic) bond motifs is 2. The Morgan fingerprint density at radius 1 is 0.714 bits per heavy atom. The first kappa shape index (κ1) is 20.8. The van der Waals surface area contributed by atoms with E-state index in [2.05, 4.69) is 56.1 Å². The largest absolute Gasteiger partial charge is 0.507 e. The number of halogens is 2. The molecule has 0 heterocycles. The molecule has 0 aliphatic carbocycles. The van der Waals surface area contributed by atoms with Gasteiger partial charge in [-0.05, 0) is 65.5 Å². The van der Waals surface area contributed by atoms with Gasteiger partial charge in [0.1, 0.15) is 5.75 Å². The first-order valence-corrected chi connectivity index (χ1v) is 10.9. The number of rotatable bonds is 1. The zero-order valence-corrected chi connectivity index (χ0v) is 18.2. The van der Waals surface area contributed by atoms with Gasteiger partial charge in [0.15, 0.2) is 0 Å². The molecule has 5 nitrogen and oxygen atoms in total. The van der Waals surface area contributed by atoms with E-state index >= 15 is 0 Å². The van der Waals surface area contributed by atoms with Crippen molar-refractivity contribution in [1.82, 2.24) is 0 Å². The molecule has 144 valence electrons. The van der Waals surface area contributed by atoms with Crippen LogP contribution in [-0.2, 0) is 10.4 Å². The third-order valence-corrected chi connectivity index (χ3v) is 6.08. The van der Waals surface area contributed by atoms with Gasteiger partial charge < -0.3 is 5.11 Å². The van der Waals surface area contributed by atoms with Crippen molar-refractivity contribution in [2.45, 2.75) is 0 Å². The van der Waals surface area contributed by atoms with E-state index in [0.29, 0.717) is 0 Å². The molecule has 8 heteroatoms. The molecule has 4 aromatic carbocycles. The van der Waals surface area contributed by atoms with Crippen molar-refractivity contribution in [2.75, 3.05) is 0 Å². The lowest BCUT2D eigenvalue weighted by atomic mass is 9.93. The summed E-state index contributed by atoms with van der Waals surface area (Å²) in [6.07, 6.45) is 0. The summed E-state index contributed by atoms with van der Waals surface area (Å²) < 4.78 is 33.5. The molecular formula is C20H14Br2O5S. The Hall–Kier alpha value is -1.97. The average Bonchev–Trinajstić information content (AvgIpc) is 2.62. The molecule has 0 aromatic heterocycles. The zero-order chi connectivity index (χ0) is 20.5. The molecule has 0 amide bonds. The Morgan fingerprint density at radius 3 is 1.82 bits per heavy atom. The minimum Gasteiger partial charge on any atom is -0.507 e. The van der Waals surface area contributed by atoms with Crippen LogP contribution in [0.15, 0.2) is 75.7 Å². The number of phenols is 1. The SMILES string of the molecule is O=S(=O)(O)O.Oc1ccc2ccccc2c1-c1c(Br)c(Br)cc2ccccc12. The lowest BCUT2D eigenvalue weighted by Gasteiger charge is -2.15. The van der Waals surface area contributed by atoms with Crippen LogP contribution in [0.25, 0.3) is 32.7 Å². The monoisotopic (exact) mass is 524 g/mol. The Bertz CT molecular complexity index is 1280. The summed E-state index contributed by atoms with van der Waals surface area (Å²) in [5.74, 6) is 0.285. The fraction of sp³-hybridized carbons (Fsp3) is 0. The van der Waals surface area contributed by atoms with Gasteiger partial charge in [0.2, 0.25) is 0 Å². The van der Waals surface area contributed by atoms with E-state index in [4.69, 9.17) is 17.5 Å². The van der Waals surface area contributed by atoms with Crippen LogP contribution in [-0.4, -0.2) is 22.6 Å². The molecule has 0 saturated carbocycles. The van der Waals surface area contributed by atoms with E-state index in [1.807, 2.05) is 36.4 Å². The normalized spacial score (nSPS) is 11.3.